The van der Waals surface area contributed by atoms with E-state index in [1.807, 2.05) is 26.0 Å². The lowest BCUT2D eigenvalue weighted by Gasteiger charge is -2.17. The average molecular weight is 281 g/mol. The standard InChI is InChI=1S/C14H17ClN2O2/c1-3-16-14(19)10-6-13(18)17(8-10)11-5-4-9(2)12(15)7-11/h4-5,7,10H,3,6,8H2,1-2H3,(H,16,19). The van der Waals surface area contributed by atoms with E-state index in [-0.39, 0.29) is 24.2 Å². The Morgan fingerprint density at radius 2 is 2.26 bits per heavy atom. The van der Waals surface area contributed by atoms with Crippen LogP contribution in [-0.2, 0) is 9.59 Å². The monoisotopic (exact) mass is 280 g/mol. The Morgan fingerprint density at radius 1 is 1.53 bits per heavy atom. The van der Waals surface area contributed by atoms with E-state index < -0.39 is 0 Å². The molecule has 102 valence electrons. The predicted molar refractivity (Wildman–Crippen MR) is 75.3 cm³/mol. The van der Waals surface area contributed by atoms with Crippen LogP contribution in [0.1, 0.15) is 18.9 Å². The third kappa shape index (κ3) is 2.89. The van der Waals surface area contributed by atoms with Crippen molar-refractivity contribution < 1.29 is 9.59 Å². The van der Waals surface area contributed by atoms with Crippen molar-refractivity contribution in [2.45, 2.75) is 20.3 Å². The molecule has 1 aliphatic rings. The Bertz CT molecular complexity index is 516. The van der Waals surface area contributed by atoms with Crippen molar-refractivity contribution in [2.75, 3.05) is 18.0 Å². The molecule has 1 atom stereocenters. The van der Waals surface area contributed by atoms with E-state index >= 15 is 0 Å². The number of rotatable bonds is 3. The zero-order valence-corrected chi connectivity index (χ0v) is 11.8. The number of benzene rings is 1. The average Bonchev–Trinajstić information content (AvgIpc) is 2.75. The number of amides is 2. The van der Waals surface area contributed by atoms with Gasteiger partial charge in [-0.25, -0.2) is 0 Å². The van der Waals surface area contributed by atoms with Gasteiger partial charge in [-0.05, 0) is 31.5 Å². The predicted octanol–water partition coefficient (Wildman–Crippen LogP) is 2.14. The van der Waals surface area contributed by atoms with Crippen molar-refractivity contribution in [2.24, 2.45) is 5.92 Å². The first kappa shape index (κ1) is 13.9. The lowest BCUT2D eigenvalue weighted by molar-refractivity contribution is -0.126. The van der Waals surface area contributed by atoms with E-state index in [9.17, 15) is 9.59 Å². The van der Waals surface area contributed by atoms with Crippen LogP contribution in [-0.4, -0.2) is 24.9 Å². The molecule has 5 heteroatoms. The highest BCUT2D eigenvalue weighted by Gasteiger charge is 2.34. The highest BCUT2D eigenvalue weighted by Crippen LogP contribution is 2.28. The molecule has 0 aromatic heterocycles. The van der Waals surface area contributed by atoms with Crippen LogP contribution in [0.25, 0.3) is 0 Å². The van der Waals surface area contributed by atoms with Crippen molar-refractivity contribution in [3.63, 3.8) is 0 Å². The molecule has 1 unspecified atom stereocenters. The van der Waals surface area contributed by atoms with E-state index in [0.717, 1.165) is 11.3 Å². The summed E-state index contributed by atoms with van der Waals surface area (Å²) in [7, 11) is 0. The molecule has 0 aliphatic carbocycles. The van der Waals surface area contributed by atoms with E-state index in [2.05, 4.69) is 5.32 Å². The molecule has 0 bridgehead atoms. The number of anilines is 1. The van der Waals surface area contributed by atoms with Gasteiger partial charge in [-0.3, -0.25) is 9.59 Å². The first-order valence-electron chi connectivity index (χ1n) is 6.37. The van der Waals surface area contributed by atoms with Crippen LogP contribution in [0.15, 0.2) is 18.2 Å². The van der Waals surface area contributed by atoms with Gasteiger partial charge in [-0.2, -0.15) is 0 Å². The Kier molecular flexibility index (Phi) is 4.10. The molecule has 1 aliphatic heterocycles. The van der Waals surface area contributed by atoms with Gasteiger partial charge in [0, 0.05) is 30.2 Å². The van der Waals surface area contributed by atoms with E-state index in [0.29, 0.717) is 18.1 Å². The normalized spacial score (nSPS) is 18.8. The summed E-state index contributed by atoms with van der Waals surface area (Å²) in [5.74, 6) is -0.361. The second-order valence-electron chi connectivity index (χ2n) is 4.73. The van der Waals surface area contributed by atoms with Crippen molar-refractivity contribution >= 4 is 29.1 Å². The molecule has 4 nitrogen and oxygen atoms in total. The van der Waals surface area contributed by atoms with Gasteiger partial charge in [0.25, 0.3) is 0 Å². The smallest absolute Gasteiger partial charge is 0.227 e. The zero-order chi connectivity index (χ0) is 14.0. The van der Waals surface area contributed by atoms with E-state index in [4.69, 9.17) is 11.6 Å². The number of hydrogen-bond acceptors (Lipinski definition) is 2. The molecule has 0 saturated carbocycles. The molecular formula is C14H17ClN2O2. The second kappa shape index (κ2) is 5.61. The van der Waals surface area contributed by atoms with Crippen LogP contribution in [0.4, 0.5) is 5.69 Å². The number of carbonyl (C=O) groups is 2. The fraction of sp³-hybridized carbons (Fsp3) is 0.429. The number of carbonyl (C=O) groups excluding carboxylic acids is 2. The van der Waals surface area contributed by atoms with Gasteiger partial charge in [-0.1, -0.05) is 17.7 Å². The minimum atomic E-state index is -0.271. The fourth-order valence-electron chi connectivity index (χ4n) is 2.20. The summed E-state index contributed by atoms with van der Waals surface area (Å²) in [5, 5.41) is 3.39. The van der Waals surface area contributed by atoms with Gasteiger partial charge < -0.3 is 10.2 Å². The first-order chi connectivity index (χ1) is 9.02. The summed E-state index contributed by atoms with van der Waals surface area (Å²) < 4.78 is 0. The summed E-state index contributed by atoms with van der Waals surface area (Å²) in [6.07, 6.45) is 0.261. The molecule has 1 aromatic rings. The van der Waals surface area contributed by atoms with Crippen molar-refractivity contribution in [3.05, 3.63) is 28.8 Å². The number of hydrogen-bond donors (Lipinski definition) is 1. The van der Waals surface area contributed by atoms with Crippen LogP contribution in [0.3, 0.4) is 0 Å². The molecule has 2 amide bonds. The number of nitrogens with one attached hydrogen (secondary N) is 1. The van der Waals surface area contributed by atoms with Gasteiger partial charge in [0.05, 0.1) is 5.92 Å². The maximum Gasteiger partial charge on any atom is 0.227 e. The molecule has 1 aromatic carbocycles. The third-order valence-electron chi connectivity index (χ3n) is 3.31. The summed E-state index contributed by atoms with van der Waals surface area (Å²) in [4.78, 5) is 25.4. The molecule has 1 fully saturated rings. The van der Waals surface area contributed by atoms with Gasteiger partial charge in [-0.15, -0.1) is 0 Å². The molecule has 19 heavy (non-hydrogen) atoms. The van der Waals surface area contributed by atoms with Crippen molar-refractivity contribution in [1.82, 2.24) is 5.32 Å². The molecule has 1 N–H and O–H groups in total. The van der Waals surface area contributed by atoms with Crippen LogP contribution in [0.5, 0.6) is 0 Å². The maximum absolute atomic E-state index is 12.0. The summed E-state index contributed by atoms with van der Waals surface area (Å²) >= 11 is 6.07. The Hall–Kier alpha value is -1.55. The fourth-order valence-corrected chi connectivity index (χ4v) is 2.38. The molecule has 2 rings (SSSR count). The minimum absolute atomic E-state index is 0.0313. The lowest BCUT2D eigenvalue weighted by atomic mass is 10.1. The summed E-state index contributed by atoms with van der Waals surface area (Å²) in [6.45, 7) is 4.78. The van der Waals surface area contributed by atoms with E-state index in [1.54, 1.807) is 11.0 Å². The van der Waals surface area contributed by atoms with Gasteiger partial charge in [0.2, 0.25) is 11.8 Å². The number of halogens is 1. The van der Waals surface area contributed by atoms with Crippen LogP contribution in [0, 0.1) is 12.8 Å². The van der Waals surface area contributed by atoms with Crippen molar-refractivity contribution in [1.29, 1.82) is 0 Å². The van der Waals surface area contributed by atoms with Gasteiger partial charge >= 0.3 is 0 Å². The SMILES string of the molecule is CCNC(=O)C1CC(=O)N(c2ccc(C)c(Cl)c2)C1. The Morgan fingerprint density at radius 3 is 2.89 bits per heavy atom. The molecule has 1 saturated heterocycles. The van der Waals surface area contributed by atoms with Crippen molar-refractivity contribution in [3.8, 4) is 0 Å². The number of nitrogens with zero attached hydrogens (tertiary/aromatic N) is 1. The Balaban J connectivity index is 2.15. The highest BCUT2D eigenvalue weighted by molar-refractivity contribution is 6.31. The molecular weight excluding hydrogens is 264 g/mol. The van der Waals surface area contributed by atoms with Gasteiger partial charge in [0.1, 0.15) is 0 Å². The zero-order valence-electron chi connectivity index (χ0n) is 11.1. The molecule has 0 radical (unpaired) electrons. The van der Waals surface area contributed by atoms with E-state index in [1.165, 1.54) is 0 Å². The lowest BCUT2D eigenvalue weighted by Crippen LogP contribution is -2.32. The molecule has 1 heterocycles. The topological polar surface area (TPSA) is 49.4 Å². The highest BCUT2D eigenvalue weighted by atomic mass is 35.5. The van der Waals surface area contributed by atoms with Crippen LogP contribution >= 0.6 is 11.6 Å². The second-order valence-corrected chi connectivity index (χ2v) is 5.14. The van der Waals surface area contributed by atoms with Gasteiger partial charge in [0.15, 0.2) is 0 Å². The third-order valence-corrected chi connectivity index (χ3v) is 3.72. The van der Waals surface area contributed by atoms with Crippen LogP contribution in [0.2, 0.25) is 5.02 Å². The maximum atomic E-state index is 12.0. The number of aryl methyl sites for hydroxylation is 1. The molecule has 0 spiro atoms. The summed E-state index contributed by atoms with van der Waals surface area (Å²) in [6, 6.07) is 5.51. The Labute approximate surface area is 117 Å². The largest absolute Gasteiger partial charge is 0.356 e. The first-order valence-corrected chi connectivity index (χ1v) is 6.75. The van der Waals surface area contributed by atoms with Crippen LogP contribution < -0.4 is 10.2 Å². The minimum Gasteiger partial charge on any atom is -0.356 e. The summed E-state index contributed by atoms with van der Waals surface area (Å²) in [5.41, 5.74) is 1.73. The quantitative estimate of drug-likeness (QED) is 0.922.